The van der Waals surface area contributed by atoms with Gasteiger partial charge in [0.1, 0.15) is 6.73 Å². The summed E-state index contributed by atoms with van der Waals surface area (Å²) in [5.41, 5.74) is 5.54. The smallest absolute Gasteiger partial charge is 0.357 e. The highest BCUT2D eigenvalue weighted by Gasteiger charge is 2.29. The lowest BCUT2D eigenvalue weighted by atomic mass is 9.99. The second-order valence-electron chi connectivity index (χ2n) is 15.2. The Balaban J connectivity index is 1.10. The molecule has 7 rings (SSSR count). The molecule has 286 valence electrons. The maximum absolute atomic E-state index is 14.9. The summed E-state index contributed by atoms with van der Waals surface area (Å²) in [6.07, 6.45) is 3.64. The van der Waals surface area contributed by atoms with Gasteiger partial charge in [-0.15, -0.1) is 21.5 Å². The van der Waals surface area contributed by atoms with Crippen LogP contribution in [-0.2, 0) is 42.0 Å². The molecule has 0 aliphatic carbocycles. The van der Waals surface area contributed by atoms with Crippen LogP contribution in [0.4, 0.5) is 21.2 Å². The van der Waals surface area contributed by atoms with Gasteiger partial charge in [-0.2, -0.15) is 4.99 Å². The van der Waals surface area contributed by atoms with Gasteiger partial charge in [0.2, 0.25) is 0 Å². The largest absolute Gasteiger partial charge is 0.490 e. The van der Waals surface area contributed by atoms with Gasteiger partial charge < -0.3 is 24.0 Å². The van der Waals surface area contributed by atoms with Gasteiger partial charge in [-0.1, -0.05) is 43.1 Å². The Morgan fingerprint density at radius 2 is 1.89 bits per heavy atom. The number of hydrogen-bond acceptors (Lipinski definition) is 12. The van der Waals surface area contributed by atoms with Gasteiger partial charge in [0.15, 0.2) is 38.8 Å². The Morgan fingerprint density at radius 1 is 1.06 bits per heavy atom. The number of aromatic nitrogens is 4. The standard InChI is InChI=1S/C39H48FN7O4S2Si/c1-25-28-11-9-16-46(36(28)44-43-35(25)42-39-47(24-50-19-20-54(4,5)6)30-12-7-8-13-32(30)52-39)38-41-34(37(48)49-3)33(53-38)14-10-18-51-31-22-27-23-45(2)17-15-26(27)21-29(31)40/h7-8,12-13,21-22H,9-11,14-20,23-24H2,1-6H3. The third-order valence-electron chi connectivity index (χ3n) is 9.93. The van der Waals surface area contributed by atoms with Crippen LogP contribution in [0.2, 0.25) is 25.7 Å². The number of esters is 1. The number of methoxy groups -OCH3 is 1. The summed E-state index contributed by atoms with van der Waals surface area (Å²) >= 11 is 3.06. The van der Waals surface area contributed by atoms with E-state index in [2.05, 4.69) is 60.3 Å². The maximum atomic E-state index is 14.9. The number of anilines is 2. The van der Waals surface area contributed by atoms with Crippen LogP contribution in [0.25, 0.3) is 10.2 Å². The molecule has 0 spiro atoms. The van der Waals surface area contributed by atoms with Crippen molar-refractivity contribution in [3.63, 3.8) is 0 Å². The lowest BCUT2D eigenvalue weighted by Crippen LogP contribution is -2.27. The average molecular weight is 790 g/mol. The van der Waals surface area contributed by atoms with E-state index in [1.807, 2.05) is 23.1 Å². The maximum Gasteiger partial charge on any atom is 0.357 e. The number of para-hydroxylation sites is 1. The molecular formula is C39H48FN7O4S2Si. The Bertz CT molecular complexity index is 2230. The predicted octanol–water partition coefficient (Wildman–Crippen LogP) is 7.81. The molecule has 2 aliphatic heterocycles. The third-order valence-corrected chi connectivity index (χ3v) is 13.8. The lowest BCUT2D eigenvalue weighted by Gasteiger charge is -2.28. The van der Waals surface area contributed by atoms with Crippen LogP contribution < -0.4 is 14.4 Å². The summed E-state index contributed by atoms with van der Waals surface area (Å²) in [5.74, 6) is 0.739. The summed E-state index contributed by atoms with van der Waals surface area (Å²) in [6, 6.07) is 12.8. The predicted molar refractivity (Wildman–Crippen MR) is 215 cm³/mol. The normalized spacial score (nSPS) is 15.1. The van der Waals surface area contributed by atoms with E-state index in [1.165, 1.54) is 18.4 Å². The summed E-state index contributed by atoms with van der Waals surface area (Å²) in [4.78, 5) is 28.6. The average Bonchev–Trinajstić information content (AvgIpc) is 3.73. The van der Waals surface area contributed by atoms with Gasteiger partial charge in [0.25, 0.3) is 0 Å². The first-order valence-corrected chi connectivity index (χ1v) is 23.9. The topological polar surface area (TPSA) is 107 Å². The van der Waals surface area contributed by atoms with Crippen molar-refractivity contribution in [3.05, 3.63) is 79.8 Å². The molecule has 11 nitrogen and oxygen atoms in total. The first kappa shape index (κ1) is 38.3. The van der Waals surface area contributed by atoms with Gasteiger partial charge in [-0.3, -0.25) is 4.57 Å². The highest BCUT2D eigenvalue weighted by Crippen LogP contribution is 2.39. The van der Waals surface area contributed by atoms with Gasteiger partial charge in [0, 0.05) is 50.3 Å². The Morgan fingerprint density at radius 3 is 2.70 bits per heavy atom. The van der Waals surface area contributed by atoms with Crippen LogP contribution in [0.5, 0.6) is 5.75 Å². The minimum Gasteiger partial charge on any atom is -0.490 e. The van der Waals surface area contributed by atoms with Crippen molar-refractivity contribution in [1.82, 2.24) is 24.6 Å². The third kappa shape index (κ3) is 8.44. The number of hydrogen-bond donors (Lipinski definition) is 0. The minimum atomic E-state index is -1.22. The van der Waals surface area contributed by atoms with Crippen molar-refractivity contribution in [2.45, 2.75) is 78.0 Å². The highest BCUT2D eigenvalue weighted by molar-refractivity contribution is 7.16. The number of rotatable bonds is 13. The minimum absolute atomic E-state index is 0.264. The second-order valence-corrected chi connectivity index (χ2v) is 22.9. The summed E-state index contributed by atoms with van der Waals surface area (Å²) < 4.78 is 35.3. The number of likely N-dealkylation sites (N-methyl/N-ethyl adjacent to an activating group) is 1. The number of thiazole rings is 2. The number of halogens is 1. The number of carbonyl (C=O) groups excluding carboxylic acids is 1. The molecule has 5 heterocycles. The van der Waals surface area contributed by atoms with Gasteiger partial charge >= 0.3 is 5.97 Å². The molecule has 0 radical (unpaired) electrons. The van der Waals surface area contributed by atoms with Crippen LogP contribution in [0.1, 0.15) is 50.5 Å². The monoisotopic (exact) mass is 789 g/mol. The number of carbonyl (C=O) groups is 1. The number of benzene rings is 2. The van der Waals surface area contributed by atoms with E-state index in [4.69, 9.17) is 29.3 Å². The Hall–Kier alpha value is -4.02. The number of fused-ring (bicyclic) bond motifs is 3. The molecule has 0 amide bonds. The number of nitrogens with zero attached hydrogens (tertiary/aromatic N) is 7. The van der Waals surface area contributed by atoms with Crippen molar-refractivity contribution in [1.29, 1.82) is 0 Å². The summed E-state index contributed by atoms with van der Waals surface area (Å²) in [5, 5.41) is 10.0. The number of ether oxygens (including phenoxy) is 3. The van der Waals surface area contributed by atoms with Crippen molar-refractivity contribution in [3.8, 4) is 5.75 Å². The molecule has 0 atom stereocenters. The van der Waals surface area contributed by atoms with Crippen molar-refractivity contribution >= 4 is 63.7 Å². The molecule has 15 heteroatoms. The molecule has 2 aromatic carbocycles. The Labute approximate surface area is 324 Å². The molecule has 0 N–H and O–H groups in total. The van der Waals surface area contributed by atoms with E-state index < -0.39 is 14.0 Å². The molecule has 0 saturated carbocycles. The van der Waals surface area contributed by atoms with E-state index in [-0.39, 0.29) is 17.3 Å². The summed E-state index contributed by atoms with van der Waals surface area (Å²) in [6.45, 7) is 12.9. The first-order valence-electron chi connectivity index (χ1n) is 18.5. The van der Waals surface area contributed by atoms with Crippen molar-refractivity contribution in [2.75, 3.05) is 45.4 Å². The zero-order valence-electron chi connectivity index (χ0n) is 31.9. The van der Waals surface area contributed by atoms with E-state index in [0.717, 1.165) is 93.0 Å². The molecule has 2 aliphatic rings. The van der Waals surface area contributed by atoms with Crippen LogP contribution >= 0.6 is 22.7 Å². The fraction of sp³-hybridized carbons (Fsp3) is 0.462. The van der Waals surface area contributed by atoms with E-state index in [0.29, 0.717) is 43.7 Å². The van der Waals surface area contributed by atoms with E-state index >= 15 is 0 Å². The van der Waals surface area contributed by atoms with E-state index in [1.54, 1.807) is 17.4 Å². The summed E-state index contributed by atoms with van der Waals surface area (Å²) in [7, 11) is 2.21. The van der Waals surface area contributed by atoms with Crippen LogP contribution in [0.15, 0.2) is 41.4 Å². The number of aryl methyl sites for hydroxylation is 1. The van der Waals surface area contributed by atoms with Gasteiger partial charge in [-0.05, 0) is 87.5 Å². The lowest BCUT2D eigenvalue weighted by molar-refractivity contribution is 0.0593. The fourth-order valence-corrected chi connectivity index (χ4v) is 9.71. The molecule has 3 aromatic heterocycles. The SMILES string of the molecule is COC(=O)c1nc(N2CCCc3c2nnc(N=c2sc4ccccc4n2COCC[Si](C)(C)C)c3C)sc1CCCOc1cc2c(cc1F)CCN(C)C2. The molecular weight excluding hydrogens is 742 g/mol. The zero-order valence-corrected chi connectivity index (χ0v) is 34.5. The molecule has 5 aromatic rings. The molecule has 0 bridgehead atoms. The highest BCUT2D eigenvalue weighted by atomic mass is 32.1. The molecule has 0 unspecified atom stereocenters. The van der Waals surface area contributed by atoms with Gasteiger partial charge in [0.05, 0.1) is 23.9 Å². The van der Waals surface area contributed by atoms with Crippen LogP contribution in [0.3, 0.4) is 0 Å². The van der Waals surface area contributed by atoms with Gasteiger partial charge in [-0.25, -0.2) is 14.2 Å². The van der Waals surface area contributed by atoms with Crippen LogP contribution in [0, 0.1) is 12.7 Å². The molecule has 0 fully saturated rings. The Kier molecular flexibility index (Phi) is 11.6. The second kappa shape index (κ2) is 16.4. The zero-order chi connectivity index (χ0) is 38.0. The molecule has 54 heavy (non-hydrogen) atoms. The molecule has 0 saturated heterocycles. The first-order chi connectivity index (χ1) is 26.0. The quantitative estimate of drug-likeness (QED) is 0.0671. The van der Waals surface area contributed by atoms with Crippen molar-refractivity contribution < 1.29 is 23.4 Å². The van der Waals surface area contributed by atoms with Crippen molar-refractivity contribution in [2.24, 2.45) is 4.99 Å². The van der Waals surface area contributed by atoms with E-state index in [9.17, 15) is 9.18 Å². The van der Waals surface area contributed by atoms with Crippen LogP contribution in [-0.4, -0.2) is 79.2 Å². The fourth-order valence-electron chi connectivity index (χ4n) is 6.82.